The molecule has 1 aromatic carbocycles. The number of hydrogen-bond acceptors (Lipinski definition) is 5. The highest BCUT2D eigenvalue weighted by molar-refractivity contribution is 5.97. The number of para-hydroxylation sites is 1. The predicted octanol–water partition coefficient (Wildman–Crippen LogP) is 4.66. The number of hydrogen-bond donors (Lipinski definition) is 0. The Morgan fingerprint density at radius 1 is 0.895 bits per heavy atom. The van der Waals surface area contributed by atoms with Gasteiger partial charge in [-0.3, -0.25) is 19.4 Å². The Hall–Kier alpha value is -2.12. The highest BCUT2D eigenvalue weighted by Crippen LogP contribution is 2.31. The van der Waals surface area contributed by atoms with Gasteiger partial charge in [-0.25, -0.2) is 0 Å². The SMILES string of the molecule is CCN1CCCCCCCN(C(=O)CN2CCN(C(C)C)CC2)[C@@H]2CCCC[C@@H]2Oc2ccccc2C1=O. The van der Waals surface area contributed by atoms with Crippen LogP contribution in [0.1, 0.15) is 88.9 Å². The summed E-state index contributed by atoms with van der Waals surface area (Å²) in [6, 6.07) is 8.33. The average Bonchev–Trinajstić information content (AvgIpc) is 2.93. The van der Waals surface area contributed by atoms with Gasteiger partial charge in [-0.1, -0.05) is 37.8 Å². The molecule has 0 radical (unpaired) electrons. The van der Waals surface area contributed by atoms with Gasteiger partial charge < -0.3 is 14.5 Å². The van der Waals surface area contributed by atoms with Crippen LogP contribution < -0.4 is 4.74 Å². The van der Waals surface area contributed by atoms with Gasteiger partial charge in [0.1, 0.15) is 11.9 Å². The Kier molecular flexibility index (Phi) is 10.9. The van der Waals surface area contributed by atoms with E-state index in [9.17, 15) is 9.59 Å². The van der Waals surface area contributed by atoms with Gasteiger partial charge in [0, 0.05) is 51.9 Å². The maximum Gasteiger partial charge on any atom is 0.257 e. The number of fused-ring (bicyclic) bond motifs is 2. The van der Waals surface area contributed by atoms with Gasteiger partial charge in [-0.2, -0.15) is 0 Å². The van der Waals surface area contributed by atoms with Crippen LogP contribution in [0.25, 0.3) is 0 Å². The van der Waals surface area contributed by atoms with Crippen LogP contribution in [-0.2, 0) is 4.79 Å². The number of amides is 2. The molecule has 4 rings (SSSR count). The molecule has 3 aliphatic rings. The van der Waals surface area contributed by atoms with Crippen LogP contribution >= 0.6 is 0 Å². The third-order valence-electron chi connectivity index (χ3n) is 8.78. The summed E-state index contributed by atoms with van der Waals surface area (Å²) in [5.41, 5.74) is 0.648. The molecule has 2 heterocycles. The number of carbonyl (C=O) groups excluding carboxylic acids is 2. The maximum absolute atomic E-state index is 13.9. The molecule has 0 N–H and O–H groups in total. The van der Waals surface area contributed by atoms with E-state index in [2.05, 4.69) is 35.5 Å². The first-order valence-corrected chi connectivity index (χ1v) is 15.3. The number of benzene rings is 1. The number of ether oxygens (including phenoxy) is 1. The van der Waals surface area contributed by atoms with Crippen molar-refractivity contribution < 1.29 is 14.3 Å². The molecule has 1 aliphatic carbocycles. The number of rotatable bonds is 4. The molecule has 2 aliphatic heterocycles. The molecule has 0 unspecified atom stereocenters. The van der Waals surface area contributed by atoms with Gasteiger partial charge >= 0.3 is 0 Å². The molecule has 0 bridgehead atoms. The van der Waals surface area contributed by atoms with Crippen molar-refractivity contribution in [3.05, 3.63) is 29.8 Å². The Labute approximate surface area is 230 Å². The fourth-order valence-electron chi connectivity index (χ4n) is 6.36. The van der Waals surface area contributed by atoms with Crippen LogP contribution in [0, 0.1) is 0 Å². The summed E-state index contributed by atoms with van der Waals surface area (Å²) in [6.45, 7) is 13.3. The fourth-order valence-corrected chi connectivity index (χ4v) is 6.36. The van der Waals surface area contributed by atoms with Gasteiger partial charge in [0.25, 0.3) is 5.91 Å². The zero-order valence-corrected chi connectivity index (χ0v) is 24.1. The van der Waals surface area contributed by atoms with E-state index in [1.807, 2.05) is 29.2 Å². The molecular formula is C31H50N4O3. The lowest BCUT2D eigenvalue weighted by molar-refractivity contribution is -0.138. The van der Waals surface area contributed by atoms with Gasteiger partial charge in [0.2, 0.25) is 5.91 Å². The molecule has 38 heavy (non-hydrogen) atoms. The van der Waals surface area contributed by atoms with E-state index < -0.39 is 0 Å². The predicted molar refractivity (Wildman–Crippen MR) is 153 cm³/mol. The van der Waals surface area contributed by atoms with Crippen molar-refractivity contribution >= 4 is 11.8 Å². The van der Waals surface area contributed by atoms with Crippen molar-refractivity contribution in [3.63, 3.8) is 0 Å². The van der Waals surface area contributed by atoms with Crippen LogP contribution in [0.4, 0.5) is 0 Å². The molecule has 0 aromatic heterocycles. The third kappa shape index (κ3) is 7.50. The topological polar surface area (TPSA) is 56.3 Å². The van der Waals surface area contributed by atoms with Crippen LogP contribution in [0.2, 0.25) is 0 Å². The van der Waals surface area contributed by atoms with Crippen LogP contribution in [0.3, 0.4) is 0 Å². The van der Waals surface area contributed by atoms with E-state index in [0.29, 0.717) is 30.4 Å². The molecule has 7 nitrogen and oxygen atoms in total. The second kappa shape index (κ2) is 14.3. The van der Waals surface area contributed by atoms with Crippen LogP contribution in [0.15, 0.2) is 24.3 Å². The zero-order valence-electron chi connectivity index (χ0n) is 24.1. The van der Waals surface area contributed by atoms with E-state index in [0.717, 1.165) is 97.1 Å². The molecule has 2 amide bonds. The normalized spacial score (nSPS) is 25.2. The Bertz CT molecular complexity index is 899. The minimum Gasteiger partial charge on any atom is -0.487 e. The van der Waals surface area contributed by atoms with Gasteiger partial charge in [0.15, 0.2) is 0 Å². The molecule has 2 atom stereocenters. The first-order valence-electron chi connectivity index (χ1n) is 15.3. The van der Waals surface area contributed by atoms with Crippen molar-refractivity contribution in [2.75, 3.05) is 52.4 Å². The minimum atomic E-state index is -0.0837. The largest absolute Gasteiger partial charge is 0.487 e. The summed E-state index contributed by atoms with van der Waals surface area (Å²) >= 11 is 0. The van der Waals surface area contributed by atoms with E-state index in [1.54, 1.807) is 0 Å². The standard InChI is InChI=1S/C31H50N4O3/c1-4-33-18-12-6-5-7-13-19-35(30(36)24-32-20-22-34(23-21-32)25(2)3)27-15-9-11-17-29(27)38-28-16-10-8-14-26(28)31(33)37/h8,10,14,16,25,27,29H,4-7,9,11-13,15,17-24H2,1-3H3/t27-,29+/m1/s1. The van der Waals surface area contributed by atoms with E-state index in [4.69, 9.17) is 4.74 Å². The van der Waals surface area contributed by atoms with E-state index >= 15 is 0 Å². The molecule has 1 saturated carbocycles. The molecule has 1 aromatic rings. The fraction of sp³-hybridized carbons (Fsp3) is 0.742. The molecule has 212 valence electrons. The van der Waals surface area contributed by atoms with E-state index in [-0.39, 0.29) is 24.0 Å². The number of nitrogens with zero attached hydrogens (tertiary/aromatic N) is 4. The Morgan fingerprint density at radius 2 is 1.58 bits per heavy atom. The molecule has 2 fully saturated rings. The second-order valence-corrected chi connectivity index (χ2v) is 11.6. The Balaban J connectivity index is 1.54. The van der Waals surface area contributed by atoms with Gasteiger partial charge in [0.05, 0.1) is 18.2 Å². The third-order valence-corrected chi connectivity index (χ3v) is 8.78. The van der Waals surface area contributed by atoms with Crippen molar-refractivity contribution in [2.45, 2.75) is 96.7 Å². The number of carbonyl (C=O) groups is 2. The summed E-state index contributed by atoms with van der Waals surface area (Å²) in [5.74, 6) is 0.966. The maximum atomic E-state index is 13.9. The van der Waals surface area contributed by atoms with E-state index in [1.165, 1.54) is 0 Å². The minimum absolute atomic E-state index is 0.0544. The van der Waals surface area contributed by atoms with Gasteiger partial charge in [-0.15, -0.1) is 0 Å². The summed E-state index contributed by atoms with van der Waals surface area (Å²) in [5, 5.41) is 0. The summed E-state index contributed by atoms with van der Waals surface area (Å²) in [7, 11) is 0. The monoisotopic (exact) mass is 526 g/mol. The highest BCUT2D eigenvalue weighted by Gasteiger charge is 2.36. The lowest BCUT2D eigenvalue weighted by Gasteiger charge is -2.42. The quantitative estimate of drug-likeness (QED) is 0.571. The average molecular weight is 527 g/mol. The molecule has 7 heteroatoms. The lowest BCUT2D eigenvalue weighted by Crippen LogP contribution is -2.55. The summed E-state index contributed by atoms with van der Waals surface area (Å²) in [6.07, 6.45) is 9.44. The first kappa shape index (κ1) is 28.9. The molecular weight excluding hydrogens is 476 g/mol. The smallest absolute Gasteiger partial charge is 0.257 e. The van der Waals surface area contributed by atoms with Crippen LogP contribution in [0.5, 0.6) is 5.75 Å². The van der Waals surface area contributed by atoms with Crippen molar-refractivity contribution in [1.29, 1.82) is 0 Å². The number of piperazine rings is 1. The second-order valence-electron chi connectivity index (χ2n) is 11.6. The highest BCUT2D eigenvalue weighted by atomic mass is 16.5. The zero-order chi connectivity index (χ0) is 26.9. The van der Waals surface area contributed by atoms with Crippen molar-refractivity contribution in [2.24, 2.45) is 0 Å². The first-order chi connectivity index (χ1) is 18.5. The van der Waals surface area contributed by atoms with Crippen molar-refractivity contribution in [3.8, 4) is 5.75 Å². The molecule has 0 spiro atoms. The Morgan fingerprint density at radius 3 is 2.32 bits per heavy atom. The molecule has 1 saturated heterocycles. The lowest BCUT2D eigenvalue weighted by atomic mass is 9.90. The summed E-state index contributed by atoms with van der Waals surface area (Å²) in [4.78, 5) is 36.3. The summed E-state index contributed by atoms with van der Waals surface area (Å²) < 4.78 is 6.69. The van der Waals surface area contributed by atoms with Crippen molar-refractivity contribution in [1.82, 2.24) is 19.6 Å². The van der Waals surface area contributed by atoms with Gasteiger partial charge in [-0.05, 0) is 65.0 Å². The van der Waals surface area contributed by atoms with Crippen LogP contribution in [-0.4, -0.2) is 102 Å².